The number of urea groups is 1. The van der Waals surface area contributed by atoms with Crippen molar-refractivity contribution >= 4 is 27.6 Å². The minimum atomic E-state index is -3.25. The van der Waals surface area contributed by atoms with Crippen LogP contribution in [0, 0.1) is 0 Å². The lowest BCUT2D eigenvalue weighted by molar-refractivity contribution is -0.128. The normalized spacial score (nSPS) is 18.3. The van der Waals surface area contributed by atoms with Gasteiger partial charge in [-0.3, -0.25) is 14.5 Å². The third kappa shape index (κ3) is 6.04. The highest BCUT2D eigenvalue weighted by atomic mass is 32.2. The second-order valence-corrected chi connectivity index (χ2v) is 8.67. The largest absolute Gasteiger partial charge is 0.491 e. The number of hydrogen-bond acceptors (Lipinski definition) is 7. The van der Waals surface area contributed by atoms with Crippen molar-refractivity contribution in [1.29, 1.82) is 0 Å². The van der Waals surface area contributed by atoms with Gasteiger partial charge in [-0.05, 0) is 37.6 Å². The van der Waals surface area contributed by atoms with Gasteiger partial charge in [0.25, 0.3) is 5.91 Å². The fourth-order valence-corrected chi connectivity index (χ4v) is 3.18. The number of imide groups is 1. The number of benzene rings is 1. The lowest BCUT2D eigenvalue weighted by Crippen LogP contribution is -2.40. The Morgan fingerprint density at radius 1 is 1.30 bits per heavy atom. The standard InChI is InChI=1S/C17H22N2O7S/c1-11(20)12-3-5-14(6-4-12)26-10-13(21)9-19-16(22)15(18-17(19)23)7-8-27(2,24)25/h3-6,13,15,21H,7-10H2,1-2H3,(H,18,23)/t13-,15-/m0/s1. The molecule has 1 fully saturated rings. The van der Waals surface area contributed by atoms with E-state index < -0.39 is 33.9 Å². The molecule has 0 bridgehead atoms. The Bertz CT molecular complexity index is 820. The zero-order valence-electron chi connectivity index (χ0n) is 15.0. The molecule has 1 aliphatic heterocycles. The van der Waals surface area contributed by atoms with Gasteiger partial charge in [0.1, 0.15) is 34.3 Å². The maximum atomic E-state index is 12.2. The molecule has 148 valence electrons. The molecule has 1 aromatic rings. The van der Waals surface area contributed by atoms with E-state index in [2.05, 4.69) is 5.32 Å². The number of amides is 3. The molecule has 0 aliphatic carbocycles. The summed E-state index contributed by atoms with van der Waals surface area (Å²) in [6.45, 7) is 1.01. The van der Waals surface area contributed by atoms with Gasteiger partial charge in [-0.25, -0.2) is 13.2 Å². The van der Waals surface area contributed by atoms with Crippen molar-refractivity contribution in [2.24, 2.45) is 0 Å². The Hall–Kier alpha value is -2.46. The van der Waals surface area contributed by atoms with Crippen molar-refractivity contribution in [3.8, 4) is 5.75 Å². The highest BCUT2D eigenvalue weighted by molar-refractivity contribution is 7.90. The molecule has 10 heteroatoms. The van der Waals surface area contributed by atoms with Crippen molar-refractivity contribution in [1.82, 2.24) is 10.2 Å². The van der Waals surface area contributed by atoms with Crippen LogP contribution in [0.15, 0.2) is 24.3 Å². The fourth-order valence-electron chi connectivity index (χ4n) is 2.52. The first-order valence-electron chi connectivity index (χ1n) is 8.28. The number of β-amino-alcohol motifs (C(OH)–C–C–N with tert-alkyl or cyclic N) is 1. The summed E-state index contributed by atoms with van der Waals surface area (Å²) >= 11 is 0. The van der Waals surface area contributed by atoms with Crippen LogP contribution in [0.2, 0.25) is 0 Å². The predicted molar refractivity (Wildman–Crippen MR) is 96.3 cm³/mol. The van der Waals surface area contributed by atoms with Crippen LogP contribution in [0.1, 0.15) is 23.7 Å². The Morgan fingerprint density at radius 3 is 2.48 bits per heavy atom. The molecule has 3 amide bonds. The van der Waals surface area contributed by atoms with Crippen molar-refractivity contribution < 1.29 is 32.6 Å². The number of carbonyl (C=O) groups is 3. The van der Waals surface area contributed by atoms with Crippen LogP contribution < -0.4 is 10.1 Å². The van der Waals surface area contributed by atoms with Crippen LogP contribution in [-0.4, -0.2) is 73.5 Å². The van der Waals surface area contributed by atoms with Crippen LogP contribution in [0.4, 0.5) is 4.79 Å². The summed E-state index contributed by atoms with van der Waals surface area (Å²) in [5.74, 6) is -0.444. The SMILES string of the molecule is CC(=O)c1ccc(OC[C@@H](O)CN2C(=O)N[C@@H](CCS(C)(=O)=O)C2=O)cc1. The minimum Gasteiger partial charge on any atom is -0.491 e. The van der Waals surface area contributed by atoms with Gasteiger partial charge in [-0.2, -0.15) is 0 Å². The van der Waals surface area contributed by atoms with Gasteiger partial charge in [-0.15, -0.1) is 0 Å². The highest BCUT2D eigenvalue weighted by Crippen LogP contribution is 2.14. The zero-order valence-corrected chi connectivity index (χ0v) is 15.9. The van der Waals surface area contributed by atoms with Gasteiger partial charge in [0.2, 0.25) is 0 Å². The summed E-state index contributed by atoms with van der Waals surface area (Å²) in [5.41, 5.74) is 0.530. The van der Waals surface area contributed by atoms with E-state index in [1.54, 1.807) is 24.3 Å². The average molecular weight is 398 g/mol. The number of sulfone groups is 1. The van der Waals surface area contributed by atoms with Crippen molar-refractivity contribution in [3.63, 3.8) is 0 Å². The van der Waals surface area contributed by atoms with Crippen LogP contribution in [0.25, 0.3) is 0 Å². The number of rotatable bonds is 9. The number of Topliss-reactive ketones (excluding diaryl/α,β-unsaturated/α-hetero) is 1. The molecule has 27 heavy (non-hydrogen) atoms. The quantitative estimate of drug-likeness (QED) is 0.442. The Labute approximate surface area is 157 Å². The first-order chi connectivity index (χ1) is 12.6. The number of ketones is 1. The van der Waals surface area contributed by atoms with E-state index in [0.29, 0.717) is 11.3 Å². The first kappa shape index (κ1) is 20.8. The molecule has 2 rings (SSSR count). The lowest BCUT2D eigenvalue weighted by atomic mass is 10.1. The monoisotopic (exact) mass is 398 g/mol. The minimum absolute atomic E-state index is 0.0188. The maximum absolute atomic E-state index is 12.2. The molecule has 1 aromatic carbocycles. The van der Waals surface area contributed by atoms with E-state index in [4.69, 9.17) is 4.74 Å². The molecule has 0 saturated carbocycles. The van der Waals surface area contributed by atoms with Crippen LogP contribution in [0.3, 0.4) is 0 Å². The highest BCUT2D eigenvalue weighted by Gasteiger charge is 2.38. The van der Waals surface area contributed by atoms with E-state index in [1.165, 1.54) is 6.92 Å². The first-order valence-corrected chi connectivity index (χ1v) is 10.3. The fraction of sp³-hybridized carbons (Fsp3) is 0.471. The van der Waals surface area contributed by atoms with E-state index in [0.717, 1.165) is 11.2 Å². The number of carbonyl (C=O) groups excluding carboxylic acids is 3. The maximum Gasteiger partial charge on any atom is 0.324 e. The third-order valence-corrected chi connectivity index (χ3v) is 4.96. The number of aliphatic hydroxyl groups excluding tert-OH is 1. The number of nitrogens with zero attached hydrogens (tertiary/aromatic N) is 1. The summed E-state index contributed by atoms with van der Waals surface area (Å²) < 4.78 is 27.8. The van der Waals surface area contributed by atoms with Crippen molar-refractivity contribution in [2.75, 3.05) is 25.2 Å². The van der Waals surface area contributed by atoms with Gasteiger partial charge in [0, 0.05) is 11.8 Å². The third-order valence-electron chi connectivity index (χ3n) is 3.98. The molecule has 0 spiro atoms. The summed E-state index contributed by atoms with van der Waals surface area (Å²) in [7, 11) is -3.25. The number of aliphatic hydroxyl groups is 1. The molecule has 0 unspecified atom stereocenters. The second kappa shape index (κ2) is 8.49. The van der Waals surface area contributed by atoms with Crippen LogP contribution >= 0.6 is 0 Å². The molecule has 1 heterocycles. The van der Waals surface area contributed by atoms with Crippen molar-refractivity contribution in [3.05, 3.63) is 29.8 Å². The molecular weight excluding hydrogens is 376 g/mol. The Kier molecular flexibility index (Phi) is 6.55. The van der Waals surface area contributed by atoms with Crippen molar-refractivity contribution in [2.45, 2.75) is 25.5 Å². The van der Waals surface area contributed by atoms with Crippen LogP contribution in [-0.2, 0) is 14.6 Å². The van der Waals surface area contributed by atoms with E-state index in [9.17, 15) is 27.9 Å². The van der Waals surface area contributed by atoms with Gasteiger partial charge >= 0.3 is 6.03 Å². The molecule has 0 radical (unpaired) electrons. The Balaban J connectivity index is 1.85. The Morgan fingerprint density at radius 2 is 1.93 bits per heavy atom. The van der Waals surface area contributed by atoms with E-state index in [-0.39, 0.29) is 31.1 Å². The molecule has 0 aromatic heterocycles. The molecule has 2 atom stereocenters. The summed E-state index contributed by atoms with van der Waals surface area (Å²) in [5, 5.41) is 12.5. The topological polar surface area (TPSA) is 130 Å². The van der Waals surface area contributed by atoms with Gasteiger partial charge in [-0.1, -0.05) is 0 Å². The second-order valence-electron chi connectivity index (χ2n) is 6.41. The summed E-state index contributed by atoms with van der Waals surface area (Å²) in [4.78, 5) is 36.2. The molecule has 1 aliphatic rings. The molecule has 2 N–H and O–H groups in total. The smallest absolute Gasteiger partial charge is 0.324 e. The molecule has 1 saturated heterocycles. The molecular formula is C17H22N2O7S. The summed E-state index contributed by atoms with van der Waals surface area (Å²) in [6, 6.07) is 4.75. The van der Waals surface area contributed by atoms with E-state index in [1.807, 2.05) is 0 Å². The van der Waals surface area contributed by atoms with E-state index >= 15 is 0 Å². The van der Waals surface area contributed by atoms with Gasteiger partial charge in [0.15, 0.2) is 5.78 Å². The van der Waals surface area contributed by atoms with Gasteiger partial charge in [0.05, 0.1) is 12.3 Å². The van der Waals surface area contributed by atoms with Gasteiger partial charge < -0.3 is 15.2 Å². The predicted octanol–water partition coefficient (Wildman–Crippen LogP) is -0.0160. The number of hydrogen-bond donors (Lipinski definition) is 2. The average Bonchev–Trinajstić information content (AvgIpc) is 2.85. The van der Waals surface area contributed by atoms with Crippen LogP contribution in [0.5, 0.6) is 5.75 Å². The lowest BCUT2D eigenvalue weighted by Gasteiger charge is -2.18. The summed E-state index contributed by atoms with van der Waals surface area (Å²) in [6.07, 6.45) is -0.0914. The number of nitrogens with one attached hydrogen (secondary N) is 1. The number of ether oxygens (including phenoxy) is 1. The zero-order chi connectivity index (χ0) is 20.2. The molecule has 9 nitrogen and oxygen atoms in total.